The quantitative estimate of drug-likeness (QED) is 0.387. The van der Waals surface area contributed by atoms with Crippen molar-refractivity contribution < 1.29 is 14.6 Å². The highest BCUT2D eigenvalue weighted by Crippen LogP contribution is 2.25. The molecule has 4 unspecified atom stereocenters. The van der Waals surface area contributed by atoms with Crippen LogP contribution in [0.1, 0.15) is 39.5 Å². The molecule has 6 N–H and O–H groups in total. The third-order valence-electron chi connectivity index (χ3n) is 6.30. The van der Waals surface area contributed by atoms with Gasteiger partial charge in [-0.2, -0.15) is 0 Å². The van der Waals surface area contributed by atoms with E-state index in [2.05, 4.69) is 31.7 Å². The molecule has 0 bridgehead atoms. The first-order chi connectivity index (χ1) is 14.9. The Kier molecular flexibility index (Phi) is 6.98. The lowest BCUT2D eigenvalue weighted by atomic mass is 9.91. The van der Waals surface area contributed by atoms with Crippen LogP contribution in [0, 0.1) is 5.92 Å². The maximum Gasteiger partial charge on any atom is 0.242 e. The summed E-state index contributed by atoms with van der Waals surface area (Å²) in [6, 6.07) is 7.69. The number of amides is 1. The number of aliphatic hydroxyl groups is 1. The van der Waals surface area contributed by atoms with Crippen LogP contribution in [0.15, 0.2) is 24.3 Å². The molecular formula is C22H36N6O3. The Balaban J connectivity index is 1.47. The normalized spacial score (nSPS) is 30.1. The van der Waals surface area contributed by atoms with Crippen molar-refractivity contribution in [2.75, 3.05) is 31.6 Å². The summed E-state index contributed by atoms with van der Waals surface area (Å²) in [5.41, 5.74) is 6.07. The summed E-state index contributed by atoms with van der Waals surface area (Å²) in [5.74, 6) is 0.434. The molecule has 3 aliphatic heterocycles. The van der Waals surface area contributed by atoms with Gasteiger partial charge >= 0.3 is 0 Å². The smallest absolute Gasteiger partial charge is 0.242 e. The average Bonchev–Trinajstić information content (AvgIpc) is 3.04. The van der Waals surface area contributed by atoms with Crippen LogP contribution in [-0.4, -0.2) is 66.3 Å². The van der Waals surface area contributed by atoms with Crippen LogP contribution in [-0.2, 0) is 4.79 Å². The zero-order valence-corrected chi connectivity index (χ0v) is 18.5. The number of benzene rings is 1. The highest BCUT2D eigenvalue weighted by Gasteiger charge is 2.44. The molecule has 0 aliphatic carbocycles. The van der Waals surface area contributed by atoms with Crippen molar-refractivity contribution >= 4 is 11.6 Å². The summed E-state index contributed by atoms with van der Waals surface area (Å²) < 4.78 is 5.82. The number of rotatable bonds is 6. The van der Waals surface area contributed by atoms with E-state index in [1.54, 1.807) is 0 Å². The first-order valence-electron chi connectivity index (χ1n) is 11.4. The topological polar surface area (TPSA) is 110 Å². The summed E-state index contributed by atoms with van der Waals surface area (Å²) >= 11 is 0. The number of hydrazine groups is 1. The van der Waals surface area contributed by atoms with Gasteiger partial charge in [0.15, 0.2) is 0 Å². The third kappa shape index (κ3) is 5.48. The van der Waals surface area contributed by atoms with E-state index in [0.29, 0.717) is 12.3 Å². The zero-order valence-electron chi connectivity index (χ0n) is 18.5. The molecule has 4 atom stereocenters. The molecule has 31 heavy (non-hydrogen) atoms. The maximum atomic E-state index is 12.7. The largest absolute Gasteiger partial charge is 0.485 e. The minimum atomic E-state index is -0.633. The Labute approximate surface area is 184 Å². The number of aliphatic hydroxyl groups excluding tert-OH is 1. The molecular weight excluding hydrogens is 396 g/mol. The van der Waals surface area contributed by atoms with Crippen LogP contribution < -0.4 is 31.5 Å². The minimum absolute atomic E-state index is 0.0206. The standard InChI is InChI=1S/C22H36N6O3/c1-22(2,14-29)31-16-9-7-15(8-10-16)24-19-18-17(13-23-27-20(18)30)25-21(26-19)28-11-5-3-4-6-12-28/h7-10,17-19,21,23-26,29H,3-6,11-14H2,1-2H3,(H,27,30). The molecule has 0 saturated carbocycles. The van der Waals surface area contributed by atoms with E-state index >= 15 is 0 Å². The van der Waals surface area contributed by atoms with Crippen LogP contribution in [0.2, 0.25) is 0 Å². The Morgan fingerprint density at radius 3 is 2.52 bits per heavy atom. The van der Waals surface area contributed by atoms with E-state index in [4.69, 9.17) is 4.74 Å². The second kappa shape index (κ2) is 9.70. The molecule has 1 amide bonds. The fourth-order valence-corrected chi connectivity index (χ4v) is 4.56. The second-order valence-electron chi connectivity index (χ2n) is 9.35. The van der Waals surface area contributed by atoms with Gasteiger partial charge in [0.2, 0.25) is 5.91 Å². The number of ether oxygens (including phenoxy) is 1. The summed E-state index contributed by atoms with van der Waals surface area (Å²) in [6.07, 6.45) is 4.79. The minimum Gasteiger partial charge on any atom is -0.485 e. The van der Waals surface area contributed by atoms with Gasteiger partial charge in [0.25, 0.3) is 0 Å². The van der Waals surface area contributed by atoms with Gasteiger partial charge in [-0.25, -0.2) is 5.43 Å². The lowest BCUT2D eigenvalue weighted by Gasteiger charge is -2.48. The number of carbonyl (C=O) groups is 1. The Morgan fingerprint density at radius 2 is 1.84 bits per heavy atom. The van der Waals surface area contributed by atoms with Gasteiger partial charge in [0.05, 0.1) is 18.7 Å². The van der Waals surface area contributed by atoms with Crippen LogP contribution >= 0.6 is 0 Å². The monoisotopic (exact) mass is 432 g/mol. The first kappa shape index (κ1) is 22.3. The fourth-order valence-electron chi connectivity index (χ4n) is 4.56. The zero-order chi connectivity index (χ0) is 21.8. The average molecular weight is 433 g/mol. The summed E-state index contributed by atoms with van der Waals surface area (Å²) in [6.45, 7) is 6.43. The van der Waals surface area contributed by atoms with E-state index in [0.717, 1.165) is 18.8 Å². The summed E-state index contributed by atoms with van der Waals surface area (Å²) in [4.78, 5) is 15.1. The predicted octanol–water partition coefficient (Wildman–Crippen LogP) is 0.546. The molecule has 1 aromatic rings. The van der Waals surface area contributed by atoms with Gasteiger partial charge in [-0.05, 0) is 51.0 Å². The maximum absolute atomic E-state index is 12.7. The fraction of sp³-hybridized carbons (Fsp3) is 0.682. The van der Waals surface area contributed by atoms with Gasteiger partial charge in [0, 0.05) is 31.4 Å². The highest BCUT2D eigenvalue weighted by atomic mass is 16.5. The number of hydrogen-bond donors (Lipinski definition) is 6. The van der Waals surface area contributed by atoms with Gasteiger partial charge in [-0.1, -0.05) is 12.8 Å². The third-order valence-corrected chi connectivity index (χ3v) is 6.30. The molecule has 0 radical (unpaired) electrons. The van der Waals surface area contributed by atoms with Gasteiger partial charge < -0.3 is 15.2 Å². The molecule has 9 nitrogen and oxygen atoms in total. The van der Waals surface area contributed by atoms with Crippen LogP contribution in [0.5, 0.6) is 5.75 Å². The van der Waals surface area contributed by atoms with E-state index in [-0.39, 0.29) is 36.9 Å². The van der Waals surface area contributed by atoms with Crippen molar-refractivity contribution in [1.29, 1.82) is 0 Å². The first-order valence-corrected chi connectivity index (χ1v) is 11.4. The highest BCUT2D eigenvalue weighted by molar-refractivity contribution is 5.81. The lowest BCUT2D eigenvalue weighted by molar-refractivity contribution is -0.132. The van der Waals surface area contributed by atoms with Gasteiger partial charge in [-0.15, -0.1) is 0 Å². The molecule has 172 valence electrons. The van der Waals surface area contributed by atoms with E-state index < -0.39 is 5.60 Å². The van der Waals surface area contributed by atoms with Crippen molar-refractivity contribution in [3.05, 3.63) is 24.3 Å². The number of anilines is 1. The SMILES string of the molecule is CC(C)(CO)Oc1ccc(NC2NC(N3CCCCCC3)NC3CNNC(=O)C32)cc1. The lowest BCUT2D eigenvalue weighted by Crippen LogP contribution is -2.76. The molecule has 3 saturated heterocycles. The Hall–Kier alpha value is -1.91. The number of carbonyl (C=O) groups excluding carboxylic acids is 1. The molecule has 0 spiro atoms. The van der Waals surface area contributed by atoms with Gasteiger partial charge in [0.1, 0.15) is 17.6 Å². The molecule has 3 aliphatic rings. The molecule has 3 fully saturated rings. The number of nitrogens with zero attached hydrogens (tertiary/aromatic N) is 1. The van der Waals surface area contributed by atoms with Crippen LogP contribution in [0.4, 0.5) is 5.69 Å². The van der Waals surface area contributed by atoms with Crippen molar-refractivity contribution in [3.63, 3.8) is 0 Å². The molecule has 3 heterocycles. The van der Waals surface area contributed by atoms with Crippen LogP contribution in [0.25, 0.3) is 0 Å². The molecule has 9 heteroatoms. The van der Waals surface area contributed by atoms with Crippen LogP contribution in [0.3, 0.4) is 0 Å². The van der Waals surface area contributed by atoms with Crippen molar-refractivity contribution in [2.24, 2.45) is 5.92 Å². The Morgan fingerprint density at radius 1 is 1.13 bits per heavy atom. The summed E-state index contributed by atoms with van der Waals surface area (Å²) in [5, 5.41) is 20.2. The second-order valence-corrected chi connectivity index (χ2v) is 9.35. The molecule has 1 aromatic carbocycles. The van der Waals surface area contributed by atoms with Crippen molar-refractivity contribution in [1.82, 2.24) is 26.4 Å². The van der Waals surface area contributed by atoms with E-state index in [1.807, 2.05) is 38.1 Å². The predicted molar refractivity (Wildman–Crippen MR) is 119 cm³/mol. The molecule has 0 aromatic heterocycles. The number of fused-ring (bicyclic) bond motifs is 1. The van der Waals surface area contributed by atoms with E-state index in [9.17, 15) is 9.90 Å². The number of hydrogen-bond acceptors (Lipinski definition) is 8. The van der Waals surface area contributed by atoms with Gasteiger partial charge in [-0.3, -0.25) is 25.8 Å². The summed E-state index contributed by atoms with van der Waals surface area (Å²) in [7, 11) is 0. The number of likely N-dealkylation sites (tertiary alicyclic amines) is 1. The van der Waals surface area contributed by atoms with Crippen molar-refractivity contribution in [2.45, 2.75) is 63.6 Å². The van der Waals surface area contributed by atoms with E-state index in [1.165, 1.54) is 25.7 Å². The van der Waals surface area contributed by atoms with Crippen molar-refractivity contribution in [3.8, 4) is 5.75 Å². The number of nitrogens with one attached hydrogen (secondary N) is 5. The Bertz CT molecular complexity index is 735. The molecule has 4 rings (SSSR count).